The predicted octanol–water partition coefficient (Wildman–Crippen LogP) is 1.92. The Labute approximate surface area is 138 Å². The third-order valence-corrected chi connectivity index (χ3v) is 6.68. The number of hydrogen-bond donors (Lipinski definition) is 1. The maximum absolute atomic E-state index is 12.7. The molecule has 7 heteroatoms. The second-order valence-corrected chi connectivity index (χ2v) is 8.80. The number of nitrogens with one attached hydrogen (secondary N) is 1. The highest BCUT2D eigenvalue weighted by Gasteiger charge is 2.33. The zero-order valence-corrected chi connectivity index (χ0v) is 14.8. The highest BCUT2D eigenvalue weighted by Crippen LogP contribution is 2.24. The molecule has 1 atom stereocenters. The van der Waals surface area contributed by atoms with Gasteiger partial charge in [-0.05, 0) is 45.6 Å². The van der Waals surface area contributed by atoms with E-state index in [0.29, 0.717) is 18.9 Å². The summed E-state index contributed by atoms with van der Waals surface area (Å²) in [6, 6.07) is 2.07. The van der Waals surface area contributed by atoms with Gasteiger partial charge >= 0.3 is 0 Å². The van der Waals surface area contributed by atoms with Crippen molar-refractivity contribution in [3.8, 4) is 0 Å². The van der Waals surface area contributed by atoms with Crippen LogP contribution >= 0.6 is 0 Å². The number of sulfonamides is 1. The summed E-state index contributed by atoms with van der Waals surface area (Å²) in [5.74, 6) is 0.656. The van der Waals surface area contributed by atoms with Crippen LogP contribution in [0.2, 0.25) is 0 Å². The molecule has 0 aromatic carbocycles. The van der Waals surface area contributed by atoms with Gasteiger partial charge in [-0.1, -0.05) is 12.8 Å². The molecule has 2 fully saturated rings. The van der Waals surface area contributed by atoms with Gasteiger partial charge in [0.1, 0.15) is 0 Å². The maximum Gasteiger partial charge on any atom is 0.225 e. The van der Waals surface area contributed by atoms with E-state index in [2.05, 4.69) is 14.7 Å². The molecule has 0 spiro atoms. The molecule has 1 saturated carbocycles. The monoisotopic (exact) mass is 338 g/mol. The zero-order valence-electron chi connectivity index (χ0n) is 14.0. The van der Waals surface area contributed by atoms with Crippen LogP contribution in [0.3, 0.4) is 0 Å². The lowest BCUT2D eigenvalue weighted by Gasteiger charge is -2.33. The van der Waals surface area contributed by atoms with Gasteiger partial charge in [0.2, 0.25) is 16.0 Å². The number of hydrogen-bond acceptors (Lipinski definition) is 5. The van der Waals surface area contributed by atoms with Crippen LogP contribution < -0.4 is 9.62 Å². The van der Waals surface area contributed by atoms with E-state index in [9.17, 15) is 8.42 Å². The highest BCUT2D eigenvalue weighted by molar-refractivity contribution is 7.90. The standard InChI is InChI=1S/C16H26N4O2S/c1-12-10-13(2)18-16(17-12)20-9-5-8-15(11-20)23(21,22)19-14-6-3-4-7-14/h10,14-15,19H,3-9,11H2,1-2H3/t15-/m1/s1. The number of rotatable bonds is 4. The van der Waals surface area contributed by atoms with E-state index in [1.807, 2.05) is 24.8 Å². The zero-order chi connectivity index (χ0) is 16.4. The number of nitrogens with zero attached hydrogens (tertiary/aromatic N) is 3. The molecule has 1 aromatic rings. The van der Waals surface area contributed by atoms with Crippen molar-refractivity contribution in [1.82, 2.24) is 14.7 Å². The van der Waals surface area contributed by atoms with Crippen LogP contribution in [-0.2, 0) is 10.0 Å². The van der Waals surface area contributed by atoms with Crippen LogP contribution in [-0.4, -0.2) is 42.8 Å². The van der Waals surface area contributed by atoms with E-state index >= 15 is 0 Å². The smallest absolute Gasteiger partial charge is 0.225 e. The quantitative estimate of drug-likeness (QED) is 0.908. The van der Waals surface area contributed by atoms with Crippen molar-refractivity contribution in [2.24, 2.45) is 0 Å². The van der Waals surface area contributed by atoms with E-state index in [1.54, 1.807) is 0 Å². The first kappa shape index (κ1) is 16.6. The normalized spacial score (nSPS) is 23.4. The maximum atomic E-state index is 12.7. The fourth-order valence-corrected chi connectivity index (χ4v) is 5.34. The molecule has 1 aromatic heterocycles. The number of anilines is 1. The summed E-state index contributed by atoms with van der Waals surface area (Å²) in [7, 11) is -3.28. The molecule has 2 heterocycles. The highest BCUT2D eigenvalue weighted by atomic mass is 32.2. The number of aryl methyl sites for hydroxylation is 2. The van der Waals surface area contributed by atoms with E-state index < -0.39 is 10.0 Å². The molecule has 1 aliphatic heterocycles. The van der Waals surface area contributed by atoms with Crippen molar-refractivity contribution < 1.29 is 8.42 Å². The first-order valence-electron chi connectivity index (χ1n) is 8.52. The molecule has 0 amide bonds. The van der Waals surface area contributed by atoms with Crippen LogP contribution in [0, 0.1) is 13.8 Å². The Morgan fingerprint density at radius 1 is 1.09 bits per heavy atom. The van der Waals surface area contributed by atoms with Gasteiger partial charge in [-0.2, -0.15) is 0 Å². The first-order valence-corrected chi connectivity index (χ1v) is 10.1. The summed E-state index contributed by atoms with van der Waals surface area (Å²) in [5, 5.41) is -0.374. The topological polar surface area (TPSA) is 75.2 Å². The molecular weight excluding hydrogens is 312 g/mol. The van der Waals surface area contributed by atoms with Gasteiger partial charge in [0.25, 0.3) is 0 Å². The van der Waals surface area contributed by atoms with Crippen molar-refractivity contribution >= 4 is 16.0 Å². The summed E-state index contributed by atoms with van der Waals surface area (Å²) in [6.45, 7) is 5.18. The third kappa shape index (κ3) is 4.01. The van der Waals surface area contributed by atoms with E-state index in [0.717, 1.165) is 50.0 Å². The average Bonchev–Trinajstić information content (AvgIpc) is 2.98. The Morgan fingerprint density at radius 2 is 1.74 bits per heavy atom. The molecule has 128 valence electrons. The lowest BCUT2D eigenvalue weighted by Crippen LogP contribution is -2.48. The lowest BCUT2D eigenvalue weighted by atomic mass is 10.1. The van der Waals surface area contributed by atoms with Crippen LogP contribution in [0.5, 0.6) is 0 Å². The van der Waals surface area contributed by atoms with Gasteiger partial charge < -0.3 is 4.90 Å². The van der Waals surface area contributed by atoms with E-state index in [4.69, 9.17) is 0 Å². The van der Waals surface area contributed by atoms with E-state index in [-0.39, 0.29) is 11.3 Å². The summed E-state index contributed by atoms with van der Waals surface area (Å²) < 4.78 is 28.3. The third-order valence-electron chi connectivity index (χ3n) is 4.76. The summed E-state index contributed by atoms with van der Waals surface area (Å²) >= 11 is 0. The van der Waals surface area contributed by atoms with Crippen LogP contribution in [0.25, 0.3) is 0 Å². The largest absolute Gasteiger partial charge is 0.339 e. The SMILES string of the molecule is Cc1cc(C)nc(N2CCC[C@@H](S(=O)(=O)NC3CCCC3)C2)n1. The molecule has 2 aliphatic rings. The van der Waals surface area contributed by atoms with Crippen LogP contribution in [0.1, 0.15) is 49.9 Å². The van der Waals surface area contributed by atoms with Gasteiger partial charge in [-0.25, -0.2) is 23.1 Å². The molecule has 0 bridgehead atoms. The molecule has 0 unspecified atom stereocenters. The average molecular weight is 338 g/mol. The number of aromatic nitrogens is 2. The van der Waals surface area contributed by atoms with Gasteiger partial charge in [0.05, 0.1) is 5.25 Å². The minimum absolute atomic E-state index is 0.132. The summed E-state index contributed by atoms with van der Waals surface area (Å²) in [5.41, 5.74) is 1.84. The Morgan fingerprint density at radius 3 is 2.39 bits per heavy atom. The van der Waals surface area contributed by atoms with Crippen LogP contribution in [0.15, 0.2) is 6.07 Å². The predicted molar refractivity (Wildman–Crippen MR) is 91.1 cm³/mol. The van der Waals surface area contributed by atoms with Crippen molar-refractivity contribution in [3.63, 3.8) is 0 Å². The minimum Gasteiger partial charge on any atom is -0.339 e. The van der Waals surface area contributed by atoms with Crippen LogP contribution in [0.4, 0.5) is 5.95 Å². The van der Waals surface area contributed by atoms with Crippen molar-refractivity contribution in [1.29, 1.82) is 0 Å². The molecule has 6 nitrogen and oxygen atoms in total. The Bertz CT molecular complexity index is 636. The molecule has 23 heavy (non-hydrogen) atoms. The van der Waals surface area contributed by atoms with Crippen molar-refractivity contribution in [2.45, 2.75) is 63.7 Å². The van der Waals surface area contributed by atoms with Gasteiger partial charge in [0.15, 0.2) is 0 Å². The fourth-order valence-electron chi connectivity index (χ4n) is 3.59. The van der Waals surface area contributed by atoms with Gasteiger partial charge in [-0.3, -0.25) is 0 Å². The fraction of sp³-hybridized carbons (Fsp3) is 0.750. The molecular formula is C16H26N4O2S. The molecule has 1 saturated heterocycles. The van der Waals surface area contributed by atoms with Gasteiger partial charge in [0, 0.05) is 30.5 Å². The molecule has 0 radical (unpaired) electrons. The Hall–Kier alpha value is -1.21. The number of piperidine rings is 1. The van der Waals surface area contributed by atoms with Crippen molar-refractivity contribution in [2.75, 3.05) is 18.0 Å². The van der Waals surface area contributed by atoms with Crippen molar-refractivity contribution in [3.05, 3.63) is 17.5 Å². The second kappa shape index (κ2) is 6.73. The van der Waals surface area contributed by atoms with Gasteiger partial charge in [-0.15, -0.1) is 0 Å². The Balaban J connectivity index is 1.72. The molecule has 1 N–H and O–H groups in total. The second-order valence-electron chi connectivity index (χ2n) is 6.81. The molecule has 1 aliphatic carbocycles. The summed E-state index contributed by atoms with van der Waals surface area (Å²) in [6.07, 6.45) is 5.75. The first-order chi connectivity index (χ1) is 10.9. The minimum atomic E-state index is -3.28. The lowest BCUT2D eigenvalue weighted by molar-refractivity contribution is 0.503. The molecule has 3 rings (SSSR count). The van der Waals surface area contributed by atoms with E-state index in [1.165, 1.54) is 0 Å². The summed E-state index contributed by atoms with van der Waals surface area (Å²) in [4.78, 5) is 11.0. The Kier molecular flexibility index (Phi) is 4.87.